The van der Waals surface area contributed by atoms with Crippen molar-refractivity contribution in [1.82, 2.24) is 19.6 Å². The molecule has 6 nitrogen and oxygen atoms in total. The summed E-state index contributed by atoms with van der Waals surface area (Å²) < 4.78 is 31.7. The summed E-state index contributed by atoms with van der Waals surface area (Å²) in [4.78, 5) is 4.41. The van der Waals surface area contributed by atoms with Gasteiger partial charge in [0.25, 0.3) is 0 Å². The molecule has 0 radical (unpaired) electrons. The second-order valence-electron chi connectivity index (χ2n) is 6.98. The highest BCUT2D eigenvalue weighted by Crippen LogP contribution is 2.27. The summed E-state index contributed by atoms with van der Waals surface area (Å²) in [5.41, 5.74) is 3.67. The molecule has 0 saturated carbocycles. The molecule has 0 unspecified atom stereocenters. The number of rotatable bonds is 5. The van der Waals surface area contributed by atoms with Crippen molar-refractivity contribution in [3.8, 4) is 5.75 Å². The zero-order valence-corrected chi connectivity index (χ0v) is 17.1. The minimum atomic E-state index is -2.88. The highest BCUT2D eigenvalue weighted by molar-refractivity contribution is 7.80. The molecule has 0 amide bonds. The Bertz CT molecular complexity index is 834. The van der Waals surface area contributed by atoms with Crippen molar-refractivity contribution in [3.05, 3.63) is 41.2 Å². The minimum absolute atomic E-state index is 0.0913. The first-order valence-corrected chi connectivity index (χ1v) is 9.55. The second-order valence-corrected chi connectivity index (χ2v) is 7.37. The number of halogens is 2. The summed E-state index contributed by atoms with van der Waals surface area (Å²) >= 11 is 5.50. The standard InChI is InChI=1S/C19H25F2N5OS/c1-13-4-5-17(27-18(20)21)16(10-13)22-19(28)26-8-6-25(7-9-26)12-15-11-24(3)23-14(15)2/h4-5,10-11,18H,6-9,12H2,1-3H3,(H,22,28). The Morgan fingerprint density at radius 3 is 2.57 bits per heavy atom. The zero-order chi connectivity index (χ0) is 20.3. The van der Waals surface area contributed by atoms with Crippen molar-refractivity contribution in [2.45, 2.75) is 27.0 Å². The van der Waals surface area contributed by atoms with Crippen LogP contribution in [-0.4, -0.2) is 57.5 Å². The molecule has 1 aromatic carbocycles. The normalized spacial score (nSPS) is 15.1. The molecule has 0 bridgehead atoms. The van der Waals surface area contributed by atoms with E-state index in [-0.39, 0.29) is 5.75 Å². The molecule has 1 N–H and O–H groups in total. The summed E-state index contributed by atoms with van der Waals surface area (Å²) in [6.07, 6.45) is 2.05. The van der Waals surface area contributed by atoms with E-state index >= 15 is 0 Å². The van der Waals surface area contributed by atoms with E-state index in [0.717, 1.165) is 44.0 Å². The van der Waals surface area contributed by atoms with Gasteiger partial charge >= 0.3 is 6.61 Å². The lowest BCUT2D eigenvalue weighted by Gasteiger charge is -2.36. The summed E-state index contributed by atoms with van der Waals surface area (Å²) in [5.74, 6) is 0.0913. The molecule has 1 saturated heterocycles. The quantitative estimate of drug-likeness (QED) is 0.766. The Kier molecular flexibility index (Phi) is 6.46. The van der Waals surface area contributed by atoms with Crippen molar-refractivity contribution < 1.29 is 13.5 Å². The third-order valence-corrected chi connectivity index (χ3v) is 5.12. The molecule has 3 rings (SSSR count). The van der Waals surface area contributed by atoms with Crippen LogP contribution in [0.15, 0.2) is 24.4 Å². The highest BCUT2D eigenvalue weighted by atomic mass is 32.1. The van der Waals surface area contributed by atoms with E-state index in [2.05, 4.69) is 31.1 Å². The minimum Gasteiger partial charge on any atom is -0.433 e. The molecule has 1 aliphatic rings. The van der Waals surface area contributed by atoms with E-state index in [1.54, 1.807) is 12.1 Å². The van der Waals surface area contributed by atoms with Gasteiger partial charge in [0.2, 0.25) is 0 Å². The van der Waals surface area contributed by atoms with E-state index in [9.17, 15) is 8.78 Å². The van der Waals surface area contributed by atoms with Gasteiger partial charge < -0.3 is 15.0 Å². The van der Waals surface area contributed by atoms with Crippen molar-refractivity contribution in [3.63, 3.8) is 0 Å². The van der Waals surface area contributed by atoms with Crippen LogP contribution >= 0.6 is 12.2 Å². The van der Waals surface area contributed by atoms with Crippen LogP contribution in [0.2, 0.25) is 0 Å². The molecular weight excluding hydrogens is 384 g/mol. The topological polar surface area (TPSA) is 45.6 Å². The first-order valence-electron chi connectivity index (χ1n) is 9.14. The lowest BCUT2D eigenvalue weighted by atomic mass is 10.2. The molecule has 152 valence electrons. The number of thiocarbonyl (C=S) groups is 1. The van der Waals surface area contributed by atoms with Crippen LogP contribution < -0.4 is 10.1 Å². The number of anilines is 1. The molecule has 28 heavy (non-hydrogen) atoms. The predicted octanol–water partition coefficient (Wildman–Crippen LogP) is 3.15. The molecule has 0 atom stereocenters. The van der Waals surface area contributed by atoms with Gasteiger partial charge in [0.15, 0.2) is 5.11 Å². The van der Waals surface area contributed by atoms with Crippen LogP contribution in [0.1, 0.15) is 16.8 Å². The van der Waals surface area contributed by atoms with Crippen LogP contribution in [0.4, 0.5) is 14.5 Å². The number of hydrogen-bond donors (Lipinski definition) is 1. The number of hydrogen-bond acceptors (Lipinski definition) is 4. The van der Waals surface area contributed by atoms with E-state index in [0.29, 0.717) is 10.8 Å². The van der Waals surface area contributed by atoms with E-state index in [4.69, 9.17) is 12.2 Å². The summed E-state index contributed by atoms with van der Waals surface area (Å²) in [6.45, 7) is 5.15. The molecule has 2 heterocycles. The van der Waals surface area contributed by atoms with Gasteiger partial charge in [-0.2, -0.15) is 13.9 Å². The first-order chi connectivity index (χ1) is 13.3. The Hall–Kier alpha value is -2.26. The summed E-state index contributed by atoms with van der Waals surface area (Å²) in [7, 11) is 1.93. The summed E-state index contributed by atoms with van der Waals surface area (Å²) in [6, 6.07) is 5.01. The van der Waals surface area contributed by atoms with Crippen molar-refractivity contribution in [2.24, 2.45) is 7.05 Å². The third kappa shape index (κ3) is 5.17. The maximum Gasteiger partial charge on any atom is 0.387 e. The number of aryl methyl sites for hydroxylation is 3. The average molecular weight is 410 g/mol. The van der Waals surface area contributed by atoms with E-state index < -0.39 is 6.61 Å². The third-order valence-electron chi connectivity index (χ3n) is 4.76. The van der Waals surface area contributed by atoms with Gasteiger partial charge in [-0.15, -0.1) is 0 Å². The van der Waals surface area contributed by atoms with Gasteiger partial charge in [-0.1, -0.05) is 6.07 Å². The van der Waals surface area contributed by atoms with Crippen molar-refractivity contribution in [2.75, 3.05) is 31.5 Å². The average Bonchev–Trinajstić information content (AvgIpc) is 2.94. The Balaban J connectivity index is 1.57. The fourth-order valence-corrected chi connectivity index (χ4v) is 3.58. The lowest BCUT2D eigenvalue weighted by molar-refractivity contribution is -0.0493. The highest BCUT2D eigenvalue weighted by Gasteiger charge is 2.21. The van der Waals surface area contributed by atoms with Crippen LogP contribution in [-0.2, 0) is 13.6 Å². The largest absolute Gasteiger partial charge is 0.433 e. The molecule has 9 heteroatoms. The smallest absolute Gasteiger partial charge is 0.387 e. The molecule has 1 fully saturated rings. The SMILES string of the molecule is Cc1ccc(OC(F)F)c(NC(=S)N2CCN(Cc3cn(C)nc3C)CC2)c1. The molecule has 0 aliphatic carbocycles. The zero-order valence-electron chi connectivity index (χ0n) is 16.3. The number of nitrogens with one attached hydrogen (secondary N) is 1. The Labute approximate surface area is 169 Å². The number of alkyl halides is 2. The summed E-state index contributed by atoms with van der Waals surface area (Å²) in [5, 5.41) is 7.97. The maximum absolute atomic E-state index is 12.6. The Morgan fingerprint density at radius 1 is 1.25 bits per heavy atom. The van der Waals surface area contributed by atoms with E-state index in [1.807, 2.05) is 25.6 Å². The molecule has 0 spiro atoms. The number of piperazine rings is 1. The Morgan fingerprint density at radius 2 is 1.96 bits per heavy atom. The maximum atomic E-state index is 12.6. The fourth-order valence-electron chi connectivity index (χ4n) is 3.29. The predicted molar refractivity (Wildman–Crippen MR) is 109 cm³/mol. The van der Waals surface area contributed by atoms with Crippen molar-refractivity contribution in [1.29, 1.82) is 0 Å². The fraction of sp³-hybridized carbons (Fsp3) is 0.474. The number of nitrogens with zero attached hydrogens (tertiary/aromatic N) is 4. The lowest BCUT2D eigenvalue weighted by Crippen LogP contribution is -2.49. The monoisotopic (exact) mass is 409 g/mol. The first kappa shape index (κ1) is 20.5. The van der Waals surface area contributed by atoms with Crippen LogP contribution in [0.5, 0.6) is 5.75 Å². The second kappa shape index (κ2) is 8.83. The molecular formula is C19H25F2N5OS. The van der Waals surface area contributed by atoms with Crippen LogP contribution in [0.25, 0.3) is 0 Å². The van der Waals surface area contributed by atoms with Gasteiger partial charge in [-0.05, 0) is 43.8 Å². The molecule has 1 aromatic heterocycles. The van der Waals surface area contributed by atoms with E-state index in [1.165, 1.54) is 11.6 Å². The number of ether oxygens (including phenoxy) is 1. The number of aromatic nitrogens is 2. The molecule has 1 aliphatic heterocycles. The van der Waals surface area contributed by atoms with Gasteiger partial charge in [-0.25, -0.2) is 0 Å². The van der Waals surface area contributed by atoms with Gasteiger partial charge in [0.05, 0.1) is 11.4 Å². The molecule has 2 aromatic rings. The van der Waals surface area contributed by atoms with Gasteiger partial charge in [0, 0.05) is 51.5 Å². The van der Waals surface area contributed by atoms with Gasteiger partial charge in [-0.3, -0.25) is 9.58 Å². The van der Waals surface area contributed by atoms with Crippen LogP contribution in [0, 0.1) is 13.8 Å². The van der Waals surface area contributed by atoms with Crippen LogP contribution in [0.3, 0.4) is 0 Å². The van der Waals surface area contributed by atoms with Crippen molar-refractivity contribution >= 4 is 23.0 Å². The van der Waals surface area contributed by atoms with Gasteiger partial charge in [0.1, 0.15) is 5.75 Å². The number of benzene rings is 1.